The molecule has 0 aliphatic carbocycles. The number of carbonyl (C=O) groups is 1. The van der Waals surface area contributed by atoms with Crippen LogP contribution >= 0.6 is 11.6 Å². The van der Waals surface area contributed by atoms with Crippen molar-refractivity contribution in [1.29, 1.82) is 0 Å². The molecule has 0 aromatic heterocycles. The zero-order valence-corrected chi connectivity index (χ0v) is 9.65. The molecule has 1 unspecified atom stereocenters. The van der Waals surface area contributed by atoms with E-state index in [0.717, 1.165) is 16.7 Å². The SMILES string of the molecule is O=C(Cl)C1Oc2ccccc2-c2ccccc21. The summed E-state index contributed by atoms with van der Waals surface area (Å²) in [7, 11) is 0. The molecule has 2 aromatic rings. The molecule has 0 N–H and O–H groups in total. The maximum atomic E-state index is 11.4. The van der Waals surface area contributed by atoms with Gasteiger partial charge in [-0.15, -0.1) is 0 Å². The van der Waals surface area contributed by atoms with Crippen molar-refractivity contribution in [2.24, 2.45) is 0 Å². The lowest BCUT2D eigenvalue weighted by Gasteiger charge is -2.26. The molecule has 0 bridgehead atoms. The summed E-state index contributed by atoms with van der Waals surface area (Å²) in [5, 5.41) is -0.494. The molecule has 0 saturated carbocycles. The summed E-state index contributed by atoms with van der Waals surface area (Å²) in [6.45, 7) is 0. The molecule has 17 heavy (non-hydrogen) atoms. The third kappa shape index (κ3) is 1.61. The summed E-state index contributed by atoms with van der Waals surface area (Å²) < 4.78 is 5.64. The van der Waals surface area contributed by atoms with Crippen LogP contribution in [0, 0.1) is 0 Å². The first-order chi connectivity index (χ1) is 8.27. The number of benzene rings is 2. The Morgan fingerprint density at radius 2 is 1.65 bits per heavy atom. The highest BCUT2D eigenvalue weighted by Gasteiger charge is 2.29. The van der Waals surface area contributed by atoms with Crippen LogP contribution in [-0.4, -0.2) is 5.24 Å². The summed E-state index contributed by atoms with van der Waals surface area (Å²) in [6, 6.07) is 15.3. The highest BCUT2D eigenvalue weighted by molar-refractivity contribution is 6.64. The Morgan fingerprint density at radius 1 is 1.00 bits per heavy atom. The topological polar surface area (TPSA) is 26.3 Å². The normalized spacial score (nSPS) is 16.6. The number of rotatable bonds is 1. The fraction of sp³-hybridized carbons (Fsp3) is 0.0714. The monoisotopic (exact) mass is 244 g/mol. The largest absolute Gasteiger partial charge is 0.476 e. The molecule has 0 radical (unpaired) electrons. The minimum Gasteiger partial charge on any atom is -0.476 e. The molecule has 0 spiro atoms. The molecule has 1 atom stereocenters. The zero-order chi connectivity index (χ0) is 11.8. The second-order valence-corrected chi connectivity index (χ2v) is 4.26. The van der Waals surface area contributed by atoms with Gasteiger partial charge in [0.1, 0.15) is 5.75 Å². The average molecular weight is 245 g/mol. The van der Waals surface area contributed by atoms with Crippen LogP contribution in [0.25, 0.3) is 11.1 Å². The number of para-hydroxylation sites is 1. The number of fused-ring (bicyclic) bond motifs is 3. The molecule has 2 aromatic carbocycles. The van der Waals surface area contributed by atoms with Gasteiger partial charge >= 0.3 is 0 Å². The smallest absolute Gasteiger partial charge is 0.267 e. The van der Waals surface area contributed by atoms with Crippen LogP contribution < -0.4 is 4.74 Å². The van der Waals surface area contributed by atoms with Gasteiger partial charge in [0.2, 0.25) is 0 Å². The number of carbonyl (C=O) groups excluding carboxylic acids is 1. The Hall–Kier alpha value is -1.80. The third-order valence-corrected chi connectivity index (χ3v) is 3.07. The van der Waals surface area contributed by atoms with Gasteiger partial charge in [0, 0.05) is 11.1 Å². The van der Waals surface area contributed by atoms with E-state index in [2.05, 4.69) is 0 Å². The number of hydrogen-bond acceptors (Lipinski definition) is 2. The van der Waals surface area contributed by atoms with E-state index >= 15 is 0 Å². The van der Waals surface area contributed by atoms with Gasteiger partial charge in [-0.05, 0) is 23.2 Å². The van der Waals surface area contributed by atoms with Gasteiger partial charge in [0.25, 0.3) is 5.24 Å². The van der Waals surface area contributed by atoms with Crippen molar-refractivity contribution < 1.29 is 9.53 Å². The number of hydrogen-bond donors (Lipinski definition) is 0. The summed E-state index contributed by atoms with van der Waals surface area (Å²) >= 11 is 5.59. The number of ether oxygens (including phenoxy) is 1. The minimum absolute atomic E-state index is 0.494. The van der Waals surface area contributed by atoms with Crippen molar-refractivity contribution in [3.05, 3.63) is 54.1 Å². The Kier molecular flexibility index (Phi) is 2.37. The van der Waals surface area contributed by atoms with Crippen LogP contribution in [0.4, 0.5) is 0 Å². The van der Waals surface area contributed by atoms with E-state index in [4.69, 9.17) is 16.3 Å². The van der Waals surface area contributed by atoms with E-state index in [0.29, 0.717) is 5.75 Å². The van der Waals surface area contributed by atoms with Crippen molar-refractivity contribution in [3.8, 4) is 16.9 Å². The Morgan fingerprint density at radius 3 is 2.41 bits per heavy atom. The predicted molar refractivity (Wildman–Crippen MR) is 66.1 cm³/mol. The highest BCUT2D eigenvalue weighted by atomic mass is 35.5. The molecular weight excluding hydrogens is 236 g/mol. The second kappa shape index (κ2) is 3.90. The van der Waals surface area contributed by atoms with Gasteiger partial charge in [-0.2, -0.15) is 0 Å². The van der Waals surface area contributed by atoms with Gasteiger partial charge in [-0.1, -0.05) is 42.5 Å². The van der Waals surface area contributed by atoms with Crippen molar-refractivity contribution in [1.82, 2.24) is 0 Å². The molecule has 1 heterocycles. The predicted octanol–water partition coefficient (Wildman–Crippen LogP) is 3.55. The second-order valence-electron chi connectivity index (χ2n) is 3.89. The van der Waals surface area contributed by atoms with Gasteiger partial charge < -0.3 is 4.74 Å². The molecule has 1 aliphatic heterocycles. The van der Waals surface area contributed by atoms with Gasteiger partial charge in [-0.3, -0.25) is 4.79 Å². The van der Waals surface area contributed by atoms with Crippen molar-refractivity contribution in [2.45, 2.75) is 6.10 Å². The fourth-order valence-electron chi connectivity index (χ4n) is 2.12. The van der Waals surface area contributed by atoms with E-state index in [9.17, 15) is 4.79 Å². The van der Waals surface area contributed by atoms with Crippen LogP contribution in [0.3, 0.4) is 0 Å². The standard InChI is InChI=1S/C14H9ClO2/c15-14(16)13-11-7-2-1-5-9(11)10-6-3-4-8-12(10)17-13/h1-8,13H. The van der Waals surface area contributed by atoms with E-state index in [1.807, 2.05) is 48.5 Å². The van der Waals surface area contributed by atoms with E-state index in [1.54, 1.807) is 0 Å². The molecular formula is C14H9ClO2. The molecule has 0 fully saturated rings. The lowest BCUT2D eigenvalue weighted by atomic mass is 9.93. The van der Waals surface area contributed by atoms with Crippen LogP contribution in [0.1, 0.15) is 11.7 Å². The molecule has 1 aliphatic rings. The molecule has 0 amide bonds. The summed E-state index contributed by atoms with van der Waals surface area (Å²) in [6.07, 6.45) is -0.706. The van der Waals surface area contributed by atoms with Crippen molar-refractivity contribution in [3.63, 3.8) is 0 Å². The Balaban J connectivity index is 2.26. The Labute approximate surface area is 104 Å². The quantitative estimate of drug-likeness (QED) is 0.717. The van der Waals surface area contributed by atoms with Crippen molar-refractivity contribution in [2.75, 3.05) is 0 Å². The third-order valence-electron chi connectivity index (χ3n) is 2.87. The summed E-state index contributed by atoms with van der Waals surface area (Å²) in [5.41, 5.74) is 2.83. The first-order valence-corrected chi connectivity index (χ1v) is 5.69. The minimum atomic E-state index is -0.706. The van der Waals surface area contributed by atoms with Crippen LogP contribution in [0.15, 0.2) is 48.5 Å². The maximum Gasteiger partial charge on any atom is 0.267 e. The van der Waals surface area contributed by atoms with E-state index in [1.165, 1.54) is 0 Å². The molecule has 3 rings (SSSR count). The van der Waals surface area contributed by atoms with Crippen LogP contribution in [0.5, 0.6) is 5.75 Å². The summed E-state index contributed by atoms with van der Waals surface area (Å²) in [5.74, 6) is 0.699. The highest BCUT2D eigenvalue weighted by Crippen LogP contribution is 2.42. The first kappa shape index (κ1) is 10.4. The molecule has 2 nitrogen and oxygen atoms in total. The number of halogens is 1. The summed E-state index contributed by atoms with van der Waals surface area (Å²) in [4.78, 5) is 11.4. The molecule has 3 heteroatoms. The Bertz CT molecular complexity index is 592. The van der Waals surface area contributed by atoms with Crippen LogP contribution in [-0.2, 0) is 4.79 Å². The molecule has 84 valence electrons. The van der Waals surface area contributed by atoms with Gasteiger partial charge in [0.05, 0.1) is 0 Å². The van der Waals surface area contributed by atoms with Gasteiger partial charge in [0.15, 0.2) is 6.10 Å². The van der Waals surface area contributed by atoms with E-state index < -0.39 is 11.3 Å². The van der Waals surface area contributed by atoms with Gasteiger partial charge in [-0.25, -0.2) is 0 Å². The van der Waals surface area contributed by atoms with Crippen LogP contribution in [0.2, 0.25) is 0 Å². The first-order valence-electron chi connectivity index (χ1n) is 5.31. The molecule has 0 saturated heterocycles. The zero-order valence-electron chi connectivity index (χ0n) is 8.89. The fourth-order valence-corrected chi connectivity index (χ4v) is 2.28. The average Bonchev–Trinajstić information content (AvgIpc) is 2.37. The lowest BCUT2D eigenvalue weighted by Crippen LogP contribution is -2.19. The maximum absolute atomic E-state index is 11.4. The van der Waals surface area contributed by atoms with E-state index in [-0.39, 0.29) is 0 Å². The van der Waals surface area contributed by atoms with Crippen molar-refractivity contribution >= 4 is 16.8 Å². The lowest BCUT2D eigenvalue weighted by molar-refractivity contribution is -0.118.